The number of nitrogens with zero attached hydrogens (tertiary/aromatic N) is 10. The van der Waals surface area contributed by atoms with Crippen molar-refractivity contribution in [2.24, 2.45) is 0 Å². The molecule has 10 nitrogen and oxygen atoms in total. The summed E-state index contributed by atoms with van der Waals surface area (Å²) in [5, 5.41) is 18.3. The van der Waals surface area contributed by atoms with Gasteiger partial charge in [0, 0.05) is 76.7 Å². The lowest BCUT2D eigenvalue weighted by Gasteiger charge is -2.14. The Balaban J connectivity index is 0.000000140. The fourth-order valence-corrected chi connectivity index (χ4v) is 20.5. The Labute approximate surface area is 770 Å². The maximum absolute atomic E-state index is 5.36. The Morgan fingerprint density at radius 2 is 0.358 bits per heavy atom. The maximum atomic E-state index is 5.36. The summed E-state index contributed by atoms with van der Waals surface area (Å²) in [7, 11) is 0. The van der Waals surface area contributed by atoms with E-state index in [1.54, 1.807) is 0 Å². The molecule has 0 aliphatic rings. The van der Waals surface area contributed by atoms with E-state index in [1.165, 1.54) is 71.5 Å². The van der Waals surface area contributed by atoms with Gasteiger partial charge in [-0.05, 0) is 202 Å². The van der Waals surface area contributed by atoms with Gasteiger partial charge in [0.2, 0.25) is 11.9 Å². The molecule has 0 aliphatic carbocycles. The molecule has 0 aliphatic heterocycles. The van der Waals surface area contributed by atoms with Crippen LogP contribution in [0.25, 0.3) is 255 Å². The topological polar surface area (TPSA) is 97.1 Å². The van der Waals surface area contributed by atoms with Gasteiger partial charge >= 0.3 is 0 Å². The molecule has 134 heavy (non-hydrogen) atoms. The first-order chi connectivity index (χ1) is 66.4. The monoisotopic (exact) mass is 1710 g/mol. The minimum atomic E-state index is 0.570. The van der Waals surface area contributed by atoms with Crippen molar-refractivity contribution in [1.82, 2.24) is 48.2 Å². The van der Waals surface area contributed by atoms with Gasteiger partial charge in [-0.1, -0.05) is 370 Å². The molecule has 0 radical (unpaired) electrons. The SMILES string of the molecule is c1ccc(-c2cc(-c3ccccc3)cc(-n3c4ccccc4c4cc(-c5ccc6c(c5)c5ccccc5n6-c5nc(-c6cccc7ccccc67)nc(-c6cccc7ccccc67)n5)ccc43)c2)cc1.c1ccc(-c2ccc(-n3c4ccccc4c4cc(-c5ccc6c(c5)c5ccccc5n6-c5nc(-c6cccc7ccccc67)nc(-c6cccc7ccccc67)n5)ccc43)cc2)cc1. The Hall–Kier alpha value is -18.1. The molecule has 0 spiro atoms. The highest BCUT2D eigenvalue weighted by Gasteiger charge is 2.26. The van der Waals surface area contributed by atoms with E-state index in [0.29, 0.717) is 35.2 Å². The van der Waals surface area contributed by atoms with Crippen molar-refractivity contribution in [2.45, 2.75) is 0 Å². The molecule has 0 N–H and O–H groups in total. The van der Waals surface area contributed by atoms with E-state index >= 15 is 0 Å². The van der Waals surface area contributed by atoms with Gasteiger partial charge in [-0.2, -0.15) is 19.9 Å². The van der Waals surface area contributed by atoms with Crippen LogP contribution in [0.4, 0.5) is 0 Å². The summed E-state index contributed by atoms with van der Waals surface area (Å²) in [5.41, 5.74) is 26.6. The highest BCUT2D eigenvalue weighted by molar-refractivity contribution is 6.16. The fraction of sp³-hybridized carbons (Fsp3) is 0. The molecule has 0 fully saturated rings. The van der Waals surface area contributed by atoms with E-state index in [2.05, 4.69) is 491 Å². The van der Waals surface area contributed by atoms with Crippen molar-refractivity contribution in [3.05, 3.63) is 473 Å². The zero-order chi connectivity index (χ0) is 88.3. The smallest absolute Gasteiger partial charge is 0.238 e. The second-order valence-corrected chi connectivity index (χ2v) is 34.4. The molecule has 27 rings (SSSR count). The van der Waals surface area contributed by atoms with Crippen LogP contribution in [0.2, 0.25) is 0 Å². The Bertz CT molecular complexity index is 9120. The van der Waals surface area contributed by atoms with Crippen LogP contribution >= 0.6 is 0 Å². The molecule has 624 valence electrons. The zero-order valence-corrected chi connectivity index (χ0v) is 72.5. The number of benzene rings is 21. The van der Waals surface area contributed by atoms with Crippen LogP contribution in [0.5, 0.6) is 0 Å². The predicted molar refractivity (Wildman–Crippen MR) is 556 cm³/mol. The molecule has 6 heterocycles. The van der Waals surface area contributed by atoms with Crippen LogP contribution in [-0.2, 0) is 0 Å². The molecule has 0 unspecified atom stereocenters. The van der Waals surface area contributed by atoms with Gasteiger partial charge in [0.25, 0.3) is 0 Å². The second kappa shape index (κ2) is 32.0. The molecule has 0 amide bonds. The average molecular weight is 1710 g/mol. The van der Waals surface area contributed by atoms with Crippen molar-refractivity contribution in [3.8, 4) is 124 Å². The number of hydrogen-bond donors (Lipinski definition) is 0. The van der Waals surface area contributed by atoms with E-state index < -0.39 is 0 Å². The average Bonchev–Trinajstić information content (AvgIpc) is 1.57. The summed E-state index contributed by atoms with van der Waals surface area (Å²) in [6, 6.07) is 169. The highest BCUT2D eigenvalue weighted by Crippen LogP contribution is 2.45. The van der Waals surface area contributed by atoms with E-state index in [1.807, 2.05) is 0 Å². The van der Waals surface area contributed by atoms with Gasteiger partial charge in [-0.25, -0.2) is 9.97 Å². The molecule has 0 saturated heterocycles. The first kappa shape index (κ1) is 77.1. The summed E-state index contributed by atoms with van der Waals surface area (Å²) in [4.78, 5) is 31.9. The van der Waals surface area contributed by atoms with Crippen LogP contribution in [0.1, 0.15) is 0 Å². The molecule has 0 atom stereocenters. The van der Waals surface area contributed by atoms with Crippen molar-refractivity contribution in [3.63, 3.8) is 0 Å². The van der Waals surface area contributed by atoms with Gasteiger partial charge in [-0.15, -0.1) is 0 Å². The summed E-state index contributed by atoms with van der Waals surface area (Å²) >= 11 is 0. The number of hydrogen-bond acceptors (Lipinski definition) is 6. The van der Waals surface area contributed by atoms with Crippen LogP contribution in [0, 0.1) is 0 Å². The Kier molecular flexibility index (Phi) is 18.4. The summed E-state index contributed by atoms with van der Waals surface area (Å²) in [6.45, 7) is 0. The second-order valence-electron chi connectivity index (χ2n) is 34.4. The minimum Gasteiger partial charge on any atom is -0.309 e. The predicted octanol–water partition coefficient (Wildman–Crippen LogP) is 31.7. The number of para-hydroxylation sites is 4. The van der Waals surface area contributed by atoms with Crippen LogP contribution < -0.4 is 0 Å². The van der Waals surface area contributed by atoms with Crippen LogP contribution in [0.3, 0.4) is 0 Å². The first-order valence-corrected chi connectivity index (χ1v) is 45.4. The highest BCUT2D eigenvalue weighted by atomic mass is 15.2. The maximum Gasteiger partial charge on any atom is 0.238 e. The number of fused-ring (bicyclic) bond motifs is 16. The van der Waals surface area contributed by atoms with E-state index in [0.717, 1.165) is 148 Å². The molecule has 10 heteroatoms. The van der Waals surface area contributed by atoms with Crippen molar-refractivity contribution >= 4 is 130 Å². The molecule has 0 saturated carbocycles. The van der Waals surface area contributed by atoms with Crippen molar-refractivity contribution in [1.29, 1.82) is 0 Å². The lowest BCUT2D eigenvalue weighted by molar-refractivity contribution is 0.955. The third kappa shape index (κ3) is 13.2. The van der Waals surface area contributed by atoms with Crippen molar-refractivity contribution in [2.75, 3.05) is 0 Å². The molecular formula is C124H78N10. The molecule has 0 bridgehead atoms. The third-order valence-corrected chi connectivity index (χ3v) is 26.7. The normalized spacial score (nSPS) is 11.7. The fourth-order valence-electron chi connectivity index (χ4n) is 20.5. The summed E-state index contributed by atoms with van der Waals surface area (Å²) in [5.74, 6) is 3.66. The van der Waals surface area contributed by atoms with E-state index in [9.17, 15) is 0 Å². The number of rotatable bonds is 13. The van der Waals surface area contributed by atoms with Crippen molar-refractivity contribution < 1.29 is 0 Å². The van der Waals surface area contributed by atoms with Crippen LogP contribution in [-0.4, -0.2) is 48.2 Å². The van der Waals surface area contributed by atoms with E-state index in [-0.39, 0.29) is 0 Å². The quantitative estimate of drug-likeness (QED) is 0.114. The zero-order valence-electron chi connectivity index (χ0n) is 72.5. The van der Waals surface area contributed by atoms with Gasteiger partial charge in [-0.3, -0.25) is 9.13 Å². The van der Waals surface area contributed by atoms with Crippen LogP contribution in [0.15, 0.2) is 473 Å². The summed E-state index contributed by atoms with van der Waals surface area (Å²) < 4.78 is 9.23. The van der Waals surface area contributed by atoms with Gasteiger partial charge in [0.15, 0.2) is 23.3 Å². The molecular weight excluding hydrogens is 1630 g/mol. The number of aromatic nitrogens is 10. The third-order valence-electron chi connectivity index (χ3n) is 26.7. The summed E-state index contributed by atoms with van der Waals surface area (Å²) in [6.07, 6.45) is 0. The Morgan fingerprint density at radius 3 is 0.679 bits per heavy atom. The lowest BCUT2D eigenvalue weighted by atomic mass is 9.98. The molecule has 21 aromatic carbocycles. The Morgan fingerprint density at radius 1 is 0.127 bits per heavy atom. The molecule has 27 aromatic rings. The lowest BCUT2D eigenvalue weighted by Crippen LogP contribution is -2.06. The molecule has 6 aromatic heterocycles. The van der Waals surface area contributed by atoms with Gasteiger partial charge in [0.05, 0.1) is 44.1 Å². The van der Waals surface area contributed by atoms with E-state index in [4.69, 9.17) is 29.9 Å². The standard InChI is InChI=1S/C65H41N5.C59H37N5/c1-3-17-42(18-4-1)48-37-49(43-19-5-2-6-20-43)39-50(38-48)69-59-31-13-11-27-53(59)57-40-46(33-35-61(57)69)47-34-36-62-58(41-47)54-28-12-14-32-60(54)70(62)65-67-63(55-29-15-23-44-21-7-9-25-51(44)55)66-64(68-65)56-30-16-24-45-22-8-10-26-52(45)56;1-2-14-38(15-3-1)39-28-32-44(33-29-39)63-53-26-10-8-22-47(53)51-36-42(30-34-55(51)63)43-31-35-56-52(37-43)48-23-9-11-27-54(48)64(56)59-61-57(49-24-12-18-40-16-4-6-20-45(40)49)60-58(62-59)50-25-13-19-41-17-5-7-21-46(41)50/h1-41H;1-37H. The largest absolute Gasteiger partial charge is 0.309 e. The minimum absolute atomic E-state index is 0.570. The first-order valence-electron chi connectivity index (χ1n) is 45.4. The van der Waals surface area contributed by atoms with Gasteiger partial charge in [0.1, 0.15) is 0 Å². The van der Waals surface area contributed by atoms with Gasteiger partial charge < -0.3 is 9.13 Å².